The van der Waals surface area contributed by atoms with Gasteiger partial charge in [-0.2, -0.15) is 0 Å². The third-order valence-corrected chi connectivity index (χ3v) is 1.98. The van der Waals surface area contributed by atoms with E-state index in [-0.39, 0.29) is 12.0 Å². The number of hydrogen-bond donors (Lipinski definition) is 1. The minimum absolute atomic E-state index is 0.173. The standard InChI is InChI=1S/C7H10O4/c8-4-11-6-2-1-5(3-6)7(9)10/h4-6H,1-3H2,(H,9,10). The molecule has 0 amide bonds. The largest absolute Gasteiger partial charge is 0.481 e. The van der Waals surface area contributed by atoms with Crippen LogP contribution in [0.25, 0.3) is 0 Å². The summed E-state index contributed by atoms with van der Waals surface area (Å²) in [6.07, 6.45) is 1.59. The van der Waals surface area contributed by atoms with Gasteiger partial charge in [-0.1, -0.05) is 0 Å². The van der Waals surface area contributed by atoms with Crippen molar-refractivity contribution in [3.63, 3.8) is 0 Å². The molecule has 0 aliphatic heterocycles. The second-order valence-electron chi connectivity index (χ2n) is 2.70. The summed E-state index contributed by atoms with van der Waals surface area (Å²) >= 11 is 0. The molecule has 0 bridgehead atoms. The number of carboxylic acids is 1. The number of carbonyl (C=O) groups is 2. The van der Waals surface area contributed by atoms with Crippen LogP contribution in [0, 0.1) is 5.92 Å². The summed E-state index contributed by atoms with van der Waals surface area (Å²) in [7, 11) is 0. The van der Waals surface area contributed by atoms with Crippen LogP contribution in [-0.4, -0.2) is 23.7 Å². The first-order chi connectivity index (χ1) is 5.24. The number of ether oxygens (including phenoxy) is 1. The number of carbonyl (C=O) groups excluding carboxylic acids is 1. The molecule has 1 rings (SSSR count). The third kappa shape index (κ3) is 1.93. The Balaban J connectivity index is 2.34. The van der Waals surface area contributed by atoms with E-state index in [1.807, 2.05) is 0 Å². The Labute approximate surface area is 64.2 Å². The molecule has 1 aliphatic rings. The van der Waals surface area contributed by atoms with Gasteiger partial charge in [0.2, 0.25) is 0 Å². The Morgan fingerprint density at radius 1 is 1.55 bits per heavy atom. The van der Waals surface area contributed by atoms with Crippen molar-refractivity contribution in [2.75, 3.05) is 0 Å². The van der Waals surface area contributed by atoms with Gasteiger partial charge in [0.05, 0.1) is 5.92 Å². The van der Waals surface area contributed by atoms with E-state index in [1.54, 1.807) is 0 Å². The molecule has 0 spiro atoms. The van der Waals surface area contributed by atoms with Gasteiger partial charge in [0, 0.05) is 0 Å². The molecule has 4 nitrogen and oxygen atoms in total. The maximum atomic E-state index is 10.4. The normalized spacial score (nSPS) is 29.8. The van der Waals surface area contributed by atoms with E-state index in [1.165, 1.54) is 0 Å². The Bertz CT molecular complexity index is 166. The Hall–Kier alpha value is -1.06. The van der Waals surface area contributed by atoms with Crippen molar-refractivity contribution >= 4 is 12.4 Å². The molecule has 4 heteroatoms. The maximum Gasteiger partial charge on any atom is 0.306 e. The van der Waals surface area contributed by atoms with Gasteiger partial charge in [0.25, 0.3) is 6.47 Å². The van der Waals surface area contributed by atoms with Crippen LogP contribution in [-0.2, 0) is 14.3 Å². The molecule has 0 aromatic rings. The first kappa shape index (κ1) is 8.04. The first-order valence-corrected chi connectivity index (χ1v) is 3.56. The van der Waals surface area contributed by atoms with Crippen LogP contribution in [0.3, 0.4) is 0 Å². The van der Waals surface area contributed by atoms with Gasteiger partial charge in [-0.15, -0.1) is 0 Å². The molecular weight excluding hydrogens is 148 g/mol. The molecule has 1 fully saturated rings. The minimum Gasteiger partial charge on any atom is -0.481 e. The zero-order chi connectivity index (χ0) is 8.27. The van der Waals surface area contributed by atoms with Gasteiger partial charge >= 0.3 is 5.97 Å². The summed E-state index contributed by atoms with van der Waals surface area (Å²) < 4.78 is 4.64. The minimum atomic E-state index is -0.790. The molecule has 0 aromatic heterocycles. The van der Waals surface area contributed by atoms with Gasteiger partial charge in [0.1, 0.15) is 6.10 Å². The lowest BCUT2D eigenvalue weighted by Crippen LogP contribution is -2.12. The number of rotatable bonds is 3. The molecule has 2 unspecified atom stereocenters. The van der Waals surface area contributed by atoms with Crippen LogP contribution < -0.4 is 0 Å². The van der Waals surface area contributed by atoms with Crippen molar-refractivity contribution in [2.45, 2.75) is 25.4 Å². The van der Waals surface area contributed by atoms with E-state index in [9.17, 15) is 9.59 Å². The van der Waals surface area contributed by atoms with E-state index in [0.717, 1.165) is 0 Å². The third-order valence-electron chi connectivity index (χ3n) is 1.98. The van der Waals surface area contributed by atoms with E-state index in [4.69, 9.17) is 5.11 Å². The van der Waals surface area contributed by atoms with Crippen LogP contribution in [0.1, 0.15) is 19.3 Å². The molecular formula is C7H10O4. The van der Waals surface area contributed by atoms with Crippen LogP contribution in [0.2, 0.25) is 0 Å². The summed E-state index contributed by atoms with van der Waals surface area (Å²) in [5.41, 5.74) is 0. The molecule has 62 valence electrons. The van der Waals surface area contributed by atoms with Crippen LogP contribution in [0.15, 0.2) is 0 Å². The van der Waals surface area contributed by atoms with Gasteiger partial charge in [-0.3, -0.25) is 9.59 Å². The van der Waals surface area contributed by atoms with E-state index < -0.39 is 5.97 Å². The molecule has 0 aromatic carbocycles. The Morgan fingerprint density at radius 2 is 2.27 bits per heavy atom. The summed E-state index contributed by atoms with van der Waals surface area (Å²) in [5.74, 6) is -1.11. The van der Waals surface area contributed by atoms with Crippen molar-refractivity contribution in [3.8, 4) is 0 Å². The van der Waals surface area contributed by atoms with E-state index in [0.29, 0.717) is 25.7 Å². The Kier molecular flexibility index (Phi) is 2.46. The summed E-state index contributed by atoms with van der Waals surface area (Å²) in [6, 6.07) is 0. The average molecular weight is 158 g/mol. The number of carboxylic acid groups (broad SMARTS) is 1. The number of hydrogen-bond acceptors (Lipinski definition) is 3. The van der Waals surface area contributed by atoms with Crippen LogP contribution >= 0.6 is 0 Å². The second kappa shape index (κ2) is 3.37. The highest BCUT2D eigenvalue weighted by Gasteiger charge is 2.30. The van der Waals surface area contributed by atoms with E-state index in [2.05, 4.69) is 4.74 Å². The van der Waals surface area contributed by atoms with Gasteiger partial charge in [0.15, 0.2) is 0 Å². The lowest BCUT2D eigenvalue weighted by Gasteiger charge is -2.05. The topological polar surface area (TPSA) is 63.6 Å². The zero-order valence-electron chi connectivity index (χ0n) is 6.03. The van der Waals surface area contributed by atoms with E-state index >= 15 is 0 Å². The molecule has 0 saturated heterocycles. The predicted molar refractivity (Wildman–Crippen MR) is 35.9 cm³/mol. The van der Waals surface area contributed by atoms with Gasteiger partial charge in [-0.05, 0) is 19.3 Å². The molecule has 0 heterocycles. The van der Waals surface area contributed by atoms with Crippen molar-refractivity contribution in [1.82, 2.24) is 0 Å². The summed E-state index contributed by atoms with van der Waals surface area (Å²) in [6.45, 7) is 0.384. The maximum absolute atomic E-state index is 10.4. The van der Waals surface area contributed by atoms with Gasteiger partial charge in [-0.25, -0.2) is 0 Å². The van der Waals surface area contributed by atoms with Crippen molar-refractivity contribution in [2.24, 2.45) is 5.92 Å². The quantitative estimate of drug-likeness (QED) is 0.604. The fourth-order valence-corrected chi connectivity index (χ4v) is 1.37. The number of aliphatic carboxylic acids is 1. The lowest BCUT2D eigenvalue weighted by atomic mass is 10.1. The molecule has 1 aliphatic carbocycles. The molecule has 1 N–H and O–H groups in total. The van der Waals surface area contributed by atoms with Crippen molar-refractivity contribution in [3.05, 3.63) is 0 Å². The molecule has 2 atom stereocenters. The predicted octanol–water partition coefficient (Wildman–Crippen LogP) is 0.413. The highest BCUT2D eigenvalue weighted by Crippen LogP contribution is 2.27. The molecule has 1 saturated carbocycles. The SMILES string of the molecule is O=COC1CCC(C(=O)O)C1. The zero-order valence-corrected chi connectivity index (χ0v) is 6.03. The molecule has 11 heavy (non-hydrogen) atoms. The van der Waals surface area contributed by atoms with Crippen LogP contribution in [0.4, 0.5) is 0 Å². The summed E-state index contributed by atoms with van der Waals surface area (Å²) in [5, 5.41) is 8.56. The van der Waals surface area contributed by atoms with Gasteiger partial charge < -0.3 is 9.84 Å². The monoisotopic (exact) mass is 158 g/mol. The van der Waals surface area contributed by atoms with Crippen molar-refractivity contribution < 1.29 is 19.4 Å². The second-order valence-corrected chi connectivity index (χ2v) is 2.70. The smallest absolute Gasteiger partial charge is 0.306 e. The molecule has 0 radical (unpaired) electrons. The summed E-state index contributed by atoms with van der Waals surface area (Å²) in [4.78, 5) is 20.3. The fraction of sp³-hybridized carbons (Fsp3) is 0.714. The lowest BCUT2D eigenvalue weighted by molar-refractivity contribution is -0.143. The average Bonchev–Trinajstić information content (AvgIpc) is 2.37. The first-order valence-electron chi connectivity index (χ1n) is 3.56. The Morgan fingerprint density at radius 3 is 2.73 bits per heavy atom. The van der Waals surface area contributed by atoms with Crippen molar-refractivity contribution in [1.29, 1.82) is 0 Å². The fourth-order valence-electron chi connectivity index (χ4n) is 1.37. The highest BCUT2D eigenvalue weighted by molar-refractivity contribution is 5.70. The van der Waals surface area contributed by atoms with Crippen LogP contribution in [0.5, 0.6) is 0 Å². The highest BCUT2D eigenvalue weighted by atomic mass is 16.5.